The molecular weight excluding hydrogens is 244 g/mol. The van der Waals surface area contributed by atoms with Crippen molar-refractivity contribution in [3.63, 3.8) is 0 Å². The number of piperidine rings is 1. The number of methoxy groups -OCH3 is 1. The molecule has 1 aromatic rings. The molecule has 0 bridgehead atoms. The molecule has 0 radical (unpaired) electrons. The SMILES string of the molecule is COCC1(C(=O)N(C)Cc2ncc[nH]2)CCNCC1. The van der Waals surface area contributed by atoms with Crippen molar-refractivity contribution < 1.29 is 9.53 Å². The second-order valence-corrected chi connectivity index (χ2v) is 5.16. The van der Waals surface area contributed by atoms with Gasteiger partial charge >= 0.3 is 0 Å². The molecule has 1 aliphatic heterocycles. The van der Waals surface area contributed by atoms with Crippen LogP contribution in [0, 0.1) is 5.41 Å². The highest BCUT2D eigenvalue weighted by molar-refractivity contribution is 5.82. The van der Waals surface area contributed by atoms with Gasteiger partial charge in [-0.05, 0) is 25.9 Å². The molecule has 0 aromatic carbocycles. The molecule has 1 amide bonds. The maximum absolute atomic E-state index is 12.7. The van der Waals surface area contributed by atoms with Gasteiger partial charge < -0.3 is 19.9 Å². The number of nitrogens with zero attached hydrogens (tertiary/aromatic N) is 2. The van der Waals surface area contributed by atoms with Gasteiger partial charge in [0.25, 0.3) is 0 Å². The molecule has 106 valence electrons. The zero-order chi connectivity index (χ0) is 13.7. The van der Waals surface area contributed by atoms with E-state index in [0.29, 0.717) is 13.2 Å². The third kappa shape index (κ3) is 3.13. The van der Waals surface area contributed by atoms with Crippen LogP contribution < -0.4 is 5.32 Å². The molecule has 1 saturated heterocycles. The fraction of sp³-hybridized carbons (Fsp3) is 0.692. The highest BCUT2D eigenvalue weighted by Crippen LogP contribution is 2.31. The molecule has 2 rings (SSSR count). The van der Waals surface area contributed by atoms with Crippen LogP contribution in [0.4, 0.5) is 0 Å². The van der Waals surface area contributed by atoms with Gasteiger partial charge in [-0.3, -0.25) is 4.79 Å². The fourth-order valence-corrected chi connectivity index (χ4v) is 2.69. The van der Waals surface area contributed by atoms with E-state index >= 15 is 0 Å². The van der Waals surface area contributed by atoms with Crippen LogP contribution in [-0.4, -0.2) is 54.6 Å². The third-order valence-corrected chi connectivity index (χ3v) is 3.72. The van der Waals surface area contributed by atoms with Gasteiger partial charge in [0.05, 0.1) is 18.6 Å². The number of ether oxygens (including phenoxy) is 1. The third-order valence-electron chi connectivity index (χ3n) is 3.72. The number of aromatic amines is 1. The largest absolute Gasteiger partial charge is 0.384 e. The average molecular weight is 266 g/mol. The number of rotatable bonds is 5. The van der Waals surface area contributed by atoms with Gasteiger partial charge in [-0.2, -0.15) is 0 Å². The van der Waals surface area contributed by atoms with Gasteiger partial charge in [0.15, 0.2) is 0 Å². The summed E-state index contributed by atoms with van der Waals surface area (Å²) in [6.45, 7) is 2.72. The first-order valence-electron chi connectivity index (χ1n) is 6.61. The van der Waals surface area contributed by atoms with Crippen LogP contribution in [0.3, 0.4) is 0 Å². The van der Waals surface area contributed by atoms with Crippen molar-refractivity contribution in [1.29, 1.82) is 0 Å². The van der Waals surface area contributed by atoms with Crippen molar-refractivity contribution in [3.8, 4) is 0 Å². The van der Waals surface area contributed by atoms with Crippen LogP contribution in [0.25, 0.3) is 0 Å². The summed E-state index contributed by atoms with van der Waals surface area (Å²) in [6, 6.07) is 0. The molecule has 1 aromatic heterocycles. The minimum atomic E-state index is -0.388. The van der Waals surface area contributed by atoms with Gasteiger partial charge in [-0.25, -0.2) is 4.98 Å². The van der Waals surface area contributed by atoms with Crippen LogP contribution in [0.5, 0.6) is 0 Å². The van der Waals surface area contributed by atoms with Crippen LogP contribution >= 0.6 is 0 Å². The quantitative estimate of drug-likeness (QED) is 0.808. The van der Waals surface area contributed by atoms with Crippen LogP contribution in [0.2, 0.25) is 0 Å². The Balaban J connectivity index is 2.05. The van der Waals surface area contributed by atoms with E-state index in [9.17, 15) is 4.79 Å². The van der Waals surface area contributed by atoms with Crippen molar-refractivity contribution in [1.82, 2.24) is 20.2 Å². The van der Waals surface area contributed by atoms with Crippen molar-refractivity contribution in [3.05, 3.63) is 18.2 Å². The van der Waals surface area contributed by atoms with Gasteiger partial charge in [0.1, 0.15) is 5.82 Å². The lowest BCUT2D eigenvalue weighted by Crippen LogP contribution is -2.50. The summed E-state index contributed by atoms with van der Waals surface area (Å²) in [5.41, 5.74) is -0.388. The Labute approximate surface area is 113 Å². The first kappa shape index (κ1) is 14.0. The number of carbonyl (C=O) groups is 1. The monoisotopic (exact) mass is 266 g/mol. The zero-order valence-electron chi connectivity index (χ0n) is 11.6. The molecule has 6 heteroatoms. The zero-order valence-corrected chi connectivity index (χ0v) is 11.6. The van der Waals surface area contributed by atoms with Gasteiger partial charge in [0, 0.05) is 26.6 Å². The standard InChI is InChI=1S/C13H22N4O2/c1-17(9-11-15-7-8-16-11)12(18)13(10-19-2)3-5-14-6-4-13/h7-8,14H,3-6,9-10H2,1-2H3,(H,15,16). The van der Waals surface area contributed by atoms with Gasteiger partial charge in [-0.15, -0.1) is 0 Å². The summed E-state index contributed by atoms with van der Waals surface area (Å²) in [5.74, 6) is 0.949. The smallest absolute Gasteiger partial charge is 0.231 e. The molecule has 0 unspecified atom stereocenters. The van der Waals surface area contributed by atoms with E-state index in [-0.39, 0.29) is 11.3 Å². The summed E-state index contributed by atoms with van der Waals surface area (Å²) >= 11 is 0. The second-order valence-electron chi connectivity index (χ2n) is 5.16. The molecule has 0 saturated carbocycles. The summed E-state index contributed by atoms with van der Waals surface area (Å²) in [5, 5.41) is 3.29. The fourth-order valence-electron chi connectivity index (χ4n) is 2.69. The van der Waals surface area contributed by atoms with E-state index in [1.807, 2.05) is 7.05 Å². The van der Waals surface area contributed by atoms with E-state index in [2.05, 4.69) is 15.3 Å². The molecule has 1 fully saturated rings. The number of imidazole rings is 1. The Bertz CT molecular complexity index is 393. The molecule has 6 nitrogen and oxygen atoms in total. The van der Waals surface area contributed by atoms with E-state index in [1.165, 1.54) is 0 Å². The first-order chi connectivity index (χ1) is 9.18. The molecule has 1 aliphatic rings. The van der Waals surface area contributed by atoms with E-state index in [0.717, 1.165) is 31.8 Å². The second kappa shape index (κ2) is 6.16. The number of carbonyl (C=O) groups excluding carboxylic acids is 1. The average Bonchev–Trinajstić information content (AvgIpc) is 2.92. The van der Waals surface area contributed by atoms with Crippen LogP contribution in [0.1, 0.15) is 18.7 Å². The Morgan fingerprint density at radius 3 is 2.84 bits per heavy atom. The van der Waals surface area contributed by atoms with Crippen LogP contribution in [-0.2, 0) is 16.1 Å². The van der Waals surface area contributed by atoms with E-state index < -0.39 is 0 Å². The lowest BCUT2D eigenvalue weighted by molar-refractivity contribution is -0.146. The van der Waals surface area contributed by atoms with Gasteiger partial charge in [0.2, 0.25) is 5.91 Å². The lowest BCUT2D eigenvalue weighted by Gasteiger charge is -2.38. The molecule has 0 atom stereocenters. The minimum absolute atomic E-state index is 0.146. The number of aromatic nitrogens is 2. The minimum Gasteiger partial charge on any atom is -0.384 e. The van der Waals surface area contributed by atoms with Crippen molar-refractivity contribution >= 4 is 5.91 Å². The van der Waals surface area contributed by atoms with Gasteiger partial charge in [-0.1, -0.05) is 0 Å². The predicted molar refractivity (Wildman–Crippen MR) is 71.5 cm³/mol. The number of nitrogens with one attached hydrogen (secondary N) is 2. The Morgan fingerprint density at radius 1 is 1.53 bits per heavy atom. The first-order valence-corrected chi connectivity index (χ1v) is 6.61. The lowest BCUT2D eigenvalue weighted by atomic mass is 9.78. The Morgan fingerprint density at radius 2 is 2.26 bits per heavy atom. The molecular formula is C13H22N4O2. The number of hydrogen-bond acceptors (Lipinski definition) is 4. The summed E-state index contributed by atoms with van der Waals surface area (Å²) in [7, 11) is 3.48. The molecule has 2 heterocycles. The maximum atomic E-state index is 12.7. The maximum Gasteiger partial charge on any atom is 0.231 e. The van der Waals surface area contributed by atoms with Crippen molar-refractivity contribution in [2.45, 2.75) is 19.4 Å². The topological polar surface area (TPSA) is 70.2 Å². The molecule has 19 heavy (non-hydrogen) atoms. The number of H-pyrrole nitrogens is 1. The van der Waals surface area contributed by atoms with Crippen molar-refractivity contribution in [2.75, 3.05) is 33.9 Å². The Kier molecular flexibility index (Phi) is 4.55. The van der Waals surface area contributed by atoms with Crippen molar-refractivity contribution in [2.24, 2.45) is 5.41 Å². The molecule has 0 spiro atoms. The number of amides is 1. The van der Waals surface area contributed by atoms with Crippen LogP contribution in [0.15, 0.2) is 12.4 Å². The highest BCUT2D eigenvalue weighted by atomic mass is 16.5. The Hall–Kier alpha value is -1.40. The highest BCUT2D eigenvalue weighted by Gasteiger charge is 2.41. The molecule has 2 N–H and O–H groups in total. The summed E-state index contributed by atoms with van der Waals surface area (Å²) in [4.78, 5) is 21.6. The summed E-state index contributed by atoms with van der Waals surface area (Å²) < 4.78 is 5.29. The predicted octanol–water partition coefficient (Wildman–Crippen LogP) is 0.384. The van der Waals surface area contributed by atoms with E-state index in [4.69, 9.17) is 4.74 Å². The number of hydrogen-bond donors (Lipinski definition) is 2. The normalized spacial score (nSPS) is 18.2. The summed E-state index contributed by atoms with van der Waals surface area (Å²) in [6.07, 6.45) is 5.11. The van der Waals surface area contributed by atoms with E-state index in [1.54, 1.807) is 24.4 Å². The molecule has 0 aliphatic carbocycles.